The molecule has 44 heavy (non-hydrogen) atoms. The highest BCUT2D eigenvalue weighted by molar-refractivity contribution is 6.62. The van der Waals surface area contributed by atoms with E-state index in [2.05, 4.69) is 4.98 Å². The maximum absolute atomic E-state index is 16.2. The minimum absolute atomic E-state index is 0.343. The Labute approximate surface area is 257 Å². The van der Waals surface area contributed by atoms with Gasteiger partial charge in [0.05, 0.1) is 45.4 Å². The Kier molecular flexibility index (Phi) is 5.80. The van der Waals surface area contributed by atoms with E-state index in [0.717, 1.165) is 29.2 Å². The first-order valence-electron chi connectivity index (χ1n) is 15.5. The van der Waals surface area contributed by atoms with Gasteiger partial charge in [0.2, 0.25) is 6.23 Å². The van der Waals surface area contributed by atoms with Gasteiger partial charge in [-0.25, -0.2) is 9.37 Å². The second kappa shape index (κ2) is 9.00. The van der Waals surface area contributed by atoms with Gasteiger partial charge in [0, 0.05) is 11.3 Å². The molecule has 0 N–H and O–H groups in total. The number of rotatable bonds is 4. The average molecular weight is 598 g/mol. The van der Waals surface area contributed by atoms with Gasteiger partial charge >= 0.3 is 14.2 Å². The van der Waals surface area contributed by atoms with E-state index in [9.17, 15) is 0 Å². The van der Waals surface area contributed by atoms with Crippen molar-refractivity contribution in [3.63, 3.8) is 0 Å². The fraction of sp³-hybridized carbons (Fsp3) is 0.485. The molecule has 0 amide bonds. The third kappa shape index (κ3) is 4.16. The molecule has 1 aliphatic carbocycles. The highest BCUT2D eigenvalue weighted by atomic mass is 19.1. The number of ether oxygens (including phenoxy) is 1. The first-order valence-corrected chi connectivity index (χ1v) is 15.5. The second-order valence-corrected chi connectivity index (χ2v) is 14.6. The topological polar surface area (TPSA) is 77.1 Å². The molecule has 0 spiro atoms. The zero-order valence-corrected chi connectivity index (χ0v) is 26.5. The lowest BCUT2D eigenvalue weighted by Crippen LogP contribution is -2.41. The van der Waals surface area contributed by atoms with Crippen molar-refractivity contribution < 1.29 is 32.2 Å². The van der Waals surface area contributed by atoms with Crippen LogP contribution in [0.4, 0.5) is 4.39 Å². The molecule has 4 aromatic rings. The summed E-state index contributed by atoms with van der Waals surface area (Å²) in [5.74, 6) is 1.60. The van der Waals surface area contributed by atoms with E-state index in [1.807, 2.05) is 90.3 Å². The standard InChI is InChI=1S/C33H37B2FN2O6/c1-30(2)31(3,4)42-34(41-30)20-11-12-23-19(13-20)14-24-27-22(36)15-21(35-43-32(5,6)33(7,8)44-35)16-25(27)40-29(38(23)24)26-17-37-28(39-26)18-9-10-18/h11-18,29H,9-10H2,1-8H3. The van der Waals surface area contributed by atoms with E-state index in [1.54, 1.807) is 6.20 Å². The molecule has 1 atom stereocenters. The van der Waals surface area contributed by atoms with Crippen molar-refractivity contribution >= 4 is 36.1 Å². The minimum Gasteiger partial charge on any atom is -0.462 e. The monoisotopic (exact) mass is 598 g/mol. The Morgan fingerprint density at radius 3 is 2.02 bits per heavy atom. The molecular weight excluding hydrogens is 561 g/mol. The van der Waals surface area contributed by atoms with Crippen molar-refractivity contribution in [2.24, 2.45) is 0 Å². The molecule has 4 aliphatic rings. The lowest BCUT2D eigenvalue weighted by Gasteiger charge is -2.32. The Hall–Kier alpha value is -3.11. The number of hydrogen-bond donors (Lipinski definition) is 0. The fourth-order valence-corrected chi connectivity index (χ4v) is 6.18. The van der Waals surface area contributed by atoms with E-state index < -0.39 is 48.7 Å². The molecule has 3 aliphatic heterocycles. The van der Waals surface area contributed by atoms with Crippen molar-refractivity contribution in [2.45, 2.75) is 103 Å². The molecule has 2 aromatic heterocycles. The molecule has 1 unspecified atom stereocenters. The van der Waals surface area contributed by atoms with Crippen molar-refractivity contribution in [1.29, 1.82) is 0 Å². The number of nitrogens with zero attached hydrogens (tertiary/aromatic N) is 2. The SMILES string of the molecule is CC1(C)OB(c2cc(F)c3c(c2)OC(c2cnc(C4CC4)o2)n2c-3cc3cc(B4OC(C)(C)C(C)(C)O4)ccc32)OC1(C)C. The van der Waals surface area contributed by atoms with Gasteiger partial charge in [0.25, 0.3) is 0 Å². The van der Waals surface area contributed by atoms with E-state index in [-0.39, 0.29) is 0 Å². The Morgan fingerprint density at radius 1 is 0.795 bits per heavy atom. The van der Waals surface area contributed by atoms with E-state index >= 15 is 4.39 Å². The van der Waals surface area contributed by atoms with E-state index in [0.29, 0.717) is 40.0 Å². The van der Waals surface area contributed by atoms with Gasteiger partial charge in [0.15, 0.2) is 11.7 Å². The molecule has 11 heteroatoms. The molecule has 2 aromatic carbocycles. The van der Waals surface area contributed by atoms with Crippen LogP contribution in [0, 0.1) is 5.82 Å². The molecule has 8 rings (SSSR count). The van der Waals surface area contributed by atoms with Crippen molar-refractivity contribution in [2.75, 3.05) is 0 Å². The molecule has 0 radical (unpaired) electrons. The predicted molar refractivity (Wildman–Crippen MR) is 166 cm³/mol. The summed E-state index contributed by atoms with van der Waals surface area (Å²) < 4.78 is 56.3. The quantitative estimate of drug-likeness (QED) is 0.273. The lowest BCUT2D eigenvalue weighted by atomic mass is 9.78. The van der Waals surface area contributed by atoms with Crippen LogP contribution in [0.3, 0.4) is 0 Å². The highest BCUT2D eigenvalue weighted by Crippen LogP contribution is 2.47. The van der Waals surface area contributed by atoms with Gasteiger partial charge in [0.1, 0.15) is 11.6 Å². The summed E-state index contributed by atoms with van der Waals surface area (Å²) >= 11 is 0. The molecule has 2 saturated heterocycles. The Morgan fingerprint density at radius 2 is 1.41 bits per heavy atom. The van der Waals surface area contributed by atoms with Gasteiger partial charge in [-0.05, 0) is 103 Å². The third-order valence-corrected chi connectivity index (χ3v) is 10.4. The summed E-state index contributed by atoms with van der Waals surface area (Å²) in [6, 6.07) is 11.4. The van der Waals surface area contributed by atoms with Gasteiger partial charge in [-0.3, -0.25) is 4.57 Å². The molecule has 3 fully saturated rings. The number of halogens is 1. The summed E-state index contributed by atoms with van der Waals surface area (Å²) in [4.78, 5) is 4.56. The average Bonchev–Trinajstić information content (AvgIpc) is 3.36. The van der Waals surface area contributed by atoms with Crippen LogP contribution in [0.25, 0.3) is 22.2 Å². The third-order valence-electron chi connectivity index (χ3n) is 10.4. The summed E-state index contributed by atoms with van der Waals surface area (Å²) in [5, 5.41) is 0.907. The normalized spacial score (nSPS) is 24.4. The van der Waals surface area contributed by atoms with Crippen LogP contribution in [0.5, 0.6) is 5.75 Å². The minimum atomic E-state index is -0.733. The Balaban J connectivity index is 1.25. The summed E-state index contributed by atoms with van der Waals surface area (Å²) in [7, 11) is -1.25. The summed E-state index contributed by atoms with van der Waals surface area (Å²) in [6.45, 7) is 16.1. The van der Waals surface area contributed by atoms with Crippen LogP contribution >= 0.6 is 0 Å². The number of oxazole rings is 1. The molecule has 8 nitrogen and oxygen atoms in total. The molecule has 0 bridgehead atoms. The van der Waals surface area contributed by atoms with Gasteiger partial charge in [-0.1, -0.05) is 12.1 Å². The zero-order valence-electron chi connectivity index (χ0n) is 26.5. The summed E-state index contributed by atoms with van der Waals surface area (Å²) in [6.07, 6.45) is 3.17. The molecule has 5 heterocycles. The molecule has 1 saturated carbocycles. The van der Waals surface area contributed by atoms with Crippen molar-refractivity contribution in [3.8, 4) is 17.0 Å². The second-order valence-electron chi connectivity index (χ2n) is 14.6. The van der Waals surface area contributed by atoms with Gasteiger partial charge < -0.3 is 27.8 Å². The number of aromatic nitrogens is 2. The predicted octanol–water partition coefficient (Wildman–Crippen LogP) is 5.85. The fourth-order valence-electron chi connectivity index (χ4n) is 6.18. The van der Waals surface area contributed by atoms with E-state index in [1.165, 1.54) is 6.07 Å². The van der Waals surface area contributed by atoms with Gasteiger partial charge in [-0.15, -0.1) is 0 Å². The summed E-state index contributed by atoms with van der Waals surface area (Å²) in [5.41, 5.74) is 1.32. The van der Waals surface area contributed by atoms with Crippen LogP contribution in [-0.4, -0.2) is 46.2 Å². The van der Waals surface area contributed by atoms with Gasteiger partial charge in [-0.2, -0.15) is 0 Å². The molecule has 228 valence electrons. The maximum atomic E-state index is 16.2. The number of fused-ring (bicyclic) bond motifs is 5. The van der Waals surface area contributed by atoms with Crippen molar-refractivity contribution in [3.05, 3.63) is 60.1 Å². The smallest absolute Gasteiger partial charge is 0.462 e. The van der Waals surface area contributed by atoms with Crippen LogP contribution in [-0.2, 0) is 18.6 Å². The Bertz CT molecular complexity index is 1790. The first kappa shape index (κ1) is 28.4. The largest absolute Gasteiger partial charge is 0.495 e. The van der Waals surface area contributed by atoms with Crippen molar-refractivity contribution in [1.82, 2.24) is 9.55 Å². The van der Waals surface area contributed by atoms with Crippen LogP contribution in [0.15, 0.2) is 47.0 Å². The zero-order chi connectivity index (χ0) is 31.0. The number of hydrogen-bond acceptors (Lipinski definition) is 7. The van der Waals surface area contributed by atoms with E-state index in [4.69, 9.17) is 27.8 Å². The molecular formula is C33H37B2FN2O6. The van der Waals surface area contributed by atoms with Crippen LogP contribution in [0.2, 0.25) is 0 Å². The van der Waals surface area contributed by atoms with Crippen LogP contribution in [0.1, 0.15) is 92.0 Å². The number of benzene rings is 2. The highest BCUT2D eigenvalue weighted by Gasteiger charge is 2.53. The lowest BCUT2D eigenvalue weighted by molar-refractivity contribution is 0.00578. The van der Waals surface area contributed by atoms with Crippen LogP contribution < -0.4 is 15.7 Å². The maximum Gasteiger partial charge on any atom is 0.495 e. The first-order chi connectivity index (χ1) is 20.6.